The molecule has 2 aromatic heterocycles. The van der Waals surface area contributed by atoms with Gasteiger partial charge in [0.25, 0.3) is 0 Å². The highest BCUT2D eigenvalue weighted by molar-refractivity contribution is 7.99. The number of thioether (sulfide) groups is 1. The van der Waals surface area contributed by atoms with Crippen LogP contribution in [-0.2, 0) is 0 Å². The van der Waals surface area contributed by atoms with Crippen LogP contribution in [0.15, 0.2) is 29.4 Å². The average Bonchev–Trinajstić information content (AvgIpc) is 3.27. The van der Waals surface area contributed by atoms with Gasteiger partial charge in [0.2, 0.25) is 0 Å². The van der Waals surface area contributed by atoms with Crippen LogP contribution in [0.3, 0.4) is 0 Å². The molecule has 1 saturated carbocycles. The van der Waals surface area contributed by atoms with E-state index in [4.69, 9.17) is 4.74 Å². The highest BCUT2D eigenvalue weighted by Gasteiger charge is 2.28. The second-order valence-corrected chi connectivity index (χ2v) is 7.49. The number of carbonyl (C=O) groups is 1. The van der Waals surface area contributed by atoms with E-state index in [-0.39, 0.29) is 5.78 Å². The molecule has 25 heavy (non-hydrogen) atoms. The van der Waals surface area contributed by atoms with E-state index in [0.717, 1.165) is 33.2 Å². The molecule has 0 amide bonds. The van der Waals surface area contributed by atoms with Crippen molar-refractivity contribution in [3.8, 4) is 5.75 Å². The summed E-state index contributed by atoms with van der Waals surface area (Å²) in [5, 5.41) is 0.757. The summed E-state index contributed by atoms with van der Waals surface area (Å²) in [6, 6.07) is 8.34. The van der Waals surface area contributed by atoms with Crippen LogP contribution in [0.2, 0.25) is 0 Å². The number of ketones is 1. The molecule has 3 aromatic rings. The van der Waals surface area contributed by atoms with Crippen molar-refractivity contribution in [3.63, 3.8) is 0 Å². The topological polar surface area (TPSA) is 59.9 Å². The smallest absolute Gasteiger partial charge is 0.175 e. The Morgan fingerprint density at radius 1 is 1.36 bits per heavy atom. The standard InChI is InChI=1S/C19H21N3O2S/c1-11-8-15(12(2)22(11)13-4-5-13)18(23)10-25-19-20-16-7-6-14(24-3)9-17(16)21-19/h6-9,13H,4-5,10H2,1-3H3,(H,20,21). The molecule has 6 heteroatoms. The lowest BCUT2D eigenvalue weighted by molar-refractivity contribution is 0.102. The molecule has 1 aromatic carbocycles. The predicted octanol–water partition coefficient (Wildman–Crippen LogP) is 4.30. The zero-order valence-electron chi connectivity index (χ0n) is 14.6. The first kappa shape index (κ1) is 16.3. The molecule has 0 bridgehead atoms. The van der Waals surface area contributed by atoms with E-state index in [2.05, 4.69) is 28.4 Å². The van der Waals surface area contributed by atoms with Crippen LogP contribution in [0.25, 0.3) is 11.0 Å². The monoisotopic (exact) mass is 355 g/mol. The number of methoxy groups -OCH3 is 1. The van der Waals surface area contributed by atoms with Gasteiger partial charge in [0, 0.05) is 29.1 Å². The van der Waals surface area contributed by atoms with E-state index in [1.165, 1.54) is 30.3 Å². The first-order valence-corrected chi connectivity index (χ1v) is 9.43. The SMILES string of the molecule is COc1ccc2nc(SCC(=O)c3cc(C)n(C4CC4)c3C)[nH]c2c1. The van der Waals surface area contributed by atoms with Gasteiger partial charge in [-0.25, -0.2) is 4.98 Å². The Labute approximate surface area is 150 Å². The second kappa shape index (κ2) is 6.26. The number of benzene rings is 1. The van der Waals surface area contributed by atoms with Gasteiger partial charge < -0.3 is 14.3 Å². The number of aromatic nitrogens is 3. The molecule has 1 fully saturated rings. The fourth-order valence-electron chi connectivity index (χ4n) is 3.33. The summed E-state index contributed by atoms with van der Waals surface area (Å²) in [5.74, 6) is 1.32. The second-order valence-electron chi connectivity index (χ2n) is 6.52. The fraction of sp³-hybridized carbons (Fsp3) is 0.368. The maximum absolute atomic E-state index is 12.7. The highest BCUT2D eigenvalue weighted by Crippen LogP contribution is 2.38. The van der Waals surface area contributed by atoms with Crippen LogP contribution in [0.4, 0.5) is 0 Å². The van der Waals surface area contributed by atoms with Gasteiger partial charge in [0.1, 0.15) is 5.75 Å². The number of nitrogens with zero attached hydrogens (tertiary/aromatic N) is 2. The van der Waals surface area contributed by atoms with Crippen molar-refractivity contribution in [3.05, 3.63) is 41.2 Å². The first-order chi connectivity index (χ1) is 12.1. The zero-order chi connectivity index (χ0) is 17.6. The van der Waals surface area contributed by atoms with Crippen LogP contribution >= 0.6 is 11.8 Å². The number of imidazole rings is 1. The maximum Gasteiger partial charge on any atom is 0.175 e. The Kier molecular flexibility index (Phi) is 4.07. The summed E-state index contributed by atoms with van der Waals surface area (Å²) in [5.41, 5.74) is 4.92. The molecule has 5 nitrogen and oxygen atoms in total. The Balaban J connectivity index is 1.49. The molecule has 130 valence electrons. The Bertz CT molecular complexity index is 953. The van der Waals surface area contributed by atoms with Gasteiger partial charge >= 0.3 is 0 Å². The van der Waals surface area contributed by atoms with E-state index >= 15 is 0 Å². The lowest BCUT2D eigenvalue weighted by Gasteiger charge is -2.07. The maximum atomic E-state index is 12.7. The predicted molar refractivity (Wildman–Crippen MR) is 99.9 cm³/mol. The van der Waals surface area contributed by atoms with E-state index in [1.807, 2.05) is 24.3 Å². The minimum absolute atomic E-state index is 0.156. The molecule has 2 heterocycles. The third kappa shape index (κ3) is 3.06. The molecular formula is C19H21N3O2S. The third-order valence-corrected chi connectivity index (χ3v) is 5.58. The van der Waals surface area contributed by atoms with Crippen LogP contribution < -0.4 is 4.74 Å². The molecule has 0 spiro atoms. The molecule has 0 saturated heterocycles. The number of fused-ring (bicyclic) bond motifs is 1. The van der Waals surface area contributed by atoms with Crippen molar-refractivity contribution in [2.45, 2.75) is 37.9 Å². The molecule has 1 N–H and O–H groups in total. The quantitative estimate of drug-likeness (QED) is 0.529. The summed E-state index contributed by atoms with van der Waals surface area (Å²) in [7, 11) is 1.64. The summed E-state index contributed by atoms with van der Waals surface area (Å²) in [6.45, 7) is 4.14. The van der Waals surface area contributed by atoms with Crippen molar-refractivity contribution >= 4 is 28.6 Å². The van der Waals surface area contributed by atoms with Gasteiger partial charge in [-0.3, -0.25) is 4.79 Å². The first-order valence-electron chi connectivity index (χ1n) is 8.45. The minimum Gasteiger partial charge on any atom is -0.497 e. The van der Waals surface area contributed by atoms with Gasteiger partial charge in [-0.2, -0.15) is 0 Å². The van der Waals surface area contributed by atoms with Crippen molar-refractivity contribution in [1.82, 2.24) is 14.5 Å². The Hall–Kier alpha value is -2.21. The molecule has 0 radical (unpaired) electrons. The number of Topliss-reactive ketones (excluding diaryl/α,β-unsaturated/α-hetero) is 1. The molecule has 1 aliphatic carbocycles. The molecular weight excluding hydrogens is 334 g/mol. The highest BCUT2D eigenvalue weighted by atomic mass is 32.2. The Morgan fingerprint density at radius 2 is 2.16 bits per heavy atom. The molecule has 1 aliphatic rings. The van der Waals surface area contributed by atoms with Crippen molar-refractivity contribution < 1.29 is 9.53 Å². The number of aromatic amines is 1. The summed E-state index contributed by atoms with van der Waals surface area (Å²) >= 11 is 1.44. The Morgan fingerprint density at radius 3 is 2.88 bits per heavy atom. The van der Waals surface area contributed by atoms with Gasteiger partial charge in [-0.15, -0.1) is 0 Å². The largest absolute Gasteiger partial charge is 0.497 e. The van der Waals surface area contributed by atoms with E-state index in [9.17, 15) is 4.79 Å². The van der Waals surface area contributed by atoms with Crippen molar-refractivity contribution in [2.75, 3.05) is 12.9 Å². The number of rotatable bonds is 6. The van der Waals surface area contributed by atoms with Crippen LogP contribution in [0, 0.1) is 13.8 Å². The van der Waals surface area contributed by atoms with Crippen molar-refractivity contribution in [1.29, 1.82) is 0 Å². The number of H-pyrrole nitrogens is 1. The van der Waals surface area contributed by atoms with Crippen LogP contribution in [-0.4, -0.2) is 33.2 Å². The number of hydrogen-bond acceptors (Lipinski definition) is 4. The lowest BCUT2D eigenvalue weighted by Crippen LogP contribution is -2.06. The lowest BCUT2D eigenvalue weighted by atomic mass is 10.2. The number of nitrogens with one attached hydrogen (secondary N) is 1. The minimum atomic E-state index is 0.156. The van der Waals surface area contributed by atoms with Crippen LogP contribution in [0.5, 0.6) is 5.75 Å². The average molecular weight is 355 g/mol. The summed E-state index contributed by atoms with van der Waals surface area (Å²) < 4.78 is 7.54. The van der Waals surface area contributed by atoms with Gasteiger partial charge in [0.05, 0.1) is 23.9 Å². The number of aryl methyl sites for hydroxylation is 1. The number of hydrogen-bond donors (Lipinski definition) is 1. The summed E-state index contributed by atoms with van der Waals surface area (Å²) in [6.07, 6.45) is 2.45. The van der Waals surface area contributed by atoms with E-state index in [0.29, 0.717) is 11.8 Å². The molecule has 0 atom stereocenters. The zero-order valence-corrected chi connectivity index (χ0v) is 15.4. The molecule has 0 unspecified atom stereocenters. The molecule has 4 rings (SSSR count). The third-order valence-electron chi connectivity index (χ3n) is 4.70. The van der Waals surface area contributed by atoms with Crippen LogP contribution in [0.1, 0.15) is 40.6 Å². The van der Waals surface area contributed by atoms with E-state index < -0.39 is 0 Å². The normalized spacial score (nSPS) is 14.2. The van der Waals surface area contributed by atoms with Crippen molar-refractivity contribution in [2.24, 2.45) is 0 Å². The fourth-order valence-corrected chi connectivity index (χ4v) is 4.09. The number of ether oxygens (including phenoxy) is 1. The van der Waals surface area contributed by atoms with Gasteiger partial charge in [-0.1, -0.05) is 11.8 Å². The van der Waals surface area contributed by atoms with Gasteiger partial charge in [-0.05, 0) is 44.9 Å². The number of carbonyl (C=O) groups excluding carboxylic acids is 1. The van der Waals surface area contributed by atoms with Gasteiger partial charge in [0.15, 0.2) is 10.9 Å². The summed E-state index contributed by atoms with van der Waals surface area (Å²) in [4.78, 5) is 20.4. The molecule has 0 aliphatic heterocycles. The van der Waals surface area contributed by atoms with E-state index in [1.54, 1.807) is 7.11 Å².